The Morgan fingerprint density at radius 2 is 1.22 bits per heavy atom. The number of ether oxygens (including phenoxy) is 4. The number of aliphatic hydroxyl groups excluding tert-OH is 3. The number of halogens is 2. The number of alkyl halides is 2. The average Bonchev–Trinajstić information content (AvgIpc) is 1.01. The van der Waals surface area contributed by atoms with Crippen LogP contribution in [0.1, 0.15) is 75.0 Å². The fourth-order valence-corrected chi connectivity index (χ4v) is 12.8. The minimum absolute atomic E-state index is 0.0253. The number of rotatable bonds is 22. The molecule has 3 aliphatic carbocycles. The van der Waals surface area contributed by atoms with Gasteiger partial charge in [-0.2, -0.15) is 0 Å². The summed E-state index contributed by atoms with van der Waals surface area (Å²) in [6.07, 6.45) is 7.29. The van der Waals surface area contributed by atoms with E-state index in [1.807, 2.05) is 127 Å². The fourth-order valence-electron chi connectivity index (χ4n) is 12.8. The average molecular weight is 1360 g/mol. The van der Waals surface area contributed by atoms with Gasteiger partial charge >= 0.3 is 0 Å². The highest BCUT2D eigenvalue weighted by atomic mass is 19.1. The highest BCUT2D eigenvalue weighted by Gasteiger charge is 2.46. The summed E-state index contributed by atoms with van der Waals surface area (Å²) in [5, 5.41) is 36.5. The number of hydrogen-bond donors (Lipinski definition) is 9. The maximum Gasteiger partial charge on any atom is 0.276 e. The normalized spacial score (nSPS) is 22.0. The third-order valence-electron chi connectivity index (χ3n) is 19.0. The van der Waals surface area contributed by atoms with Crippen molar-refractivity contribution in [2.75, 3.05) is 73.5 Å². The van der Waals surface area contributed by atoms with Crippen LogP contribution in [-0.4, -0.2) is 143 Å². The van der Waals surface area contributed by atoms with E-state index in [4.69, 9.17) is 41.3 Å². The van der Waals surface area contributed by atoms with E-state index in [1.165, 1.54) is 4.90 Å². The Balaban J connectivity index is 0.000000150. The summed E-state index contributed by atoms with van der Waals surface area (Å²) in [5.74, 6) is 2.74. The maximum atomic E-state index is 15.1. The number of anilines is 4. The summed E-state index contributed by atoms with van der Waals surface area (Å²) in [6, 6.07) is 37.9. The topological polar surface area (TPSA) is 316 Å². The number of aliphatic hydroxyl groups is 3. The molecule has 13 rings (SSSR count). The van der Waals surface area contributed by atoms with Crippen LogP contribution in [0.4, 0.5) is 31.8 Å². The van der Waals surface area contributed by atoms with E-state index in [9.17, 15) is 33.8 Å². The van der Waals surface area contributed by atoms with Gasteiger partial charge in [0.1, 0.15) is 54.5 Å². The molecule has 6 heterocycles. The van der Waals surface area contributed by atoms with Crippen LogP contribution in [0.5, 0.6) is 17.2 Å². The van der Waals surface area contributed by atoms with E-state index in [-0.39, 0.29) is 86.2 Å². The van der Waals surface area contributed by atoms with E-state index < -0.39 is 43.2 Å². The molecule has 99 heavy (non-hydrogen) atoms. The number of nitrogens with zero attached hydrogens (tertiary/aromatic N) is 5. The minimum Gasteiger partial charge on any atom is -0.490 e. The van der Waals surface area contributed by atoms with Crippen molar-refractivity contribution in [1.29, 1.82) is 0 Å². The molecule has 22 nitrogen and oxygen atoms in total. The SMILES string of the molecule is CC(O)[C@@H]1C[C@H]1C(=O)Nc1cc(-c2ccc(OC3CCOCC3)c(CN)c2)ccn1.C[n+]1ccccc1N1CC[C@H](Oc2ccc(-c3cc(NC(=O)C4CC4)ccn3)cc2CN)[C@H](F)C1.NCc1cc(-c2cccc(NC(=O)[C@@H]3C[C@@H]3CO)c2)ccc1O[C@H]1CCN(C(=O)CO)C[C@H]1F. The largest absolute Gasteiger partial charge is 0.490 e. The number of piperidine rings is 2. The summed E-state index contributed by atoms with van der Waals surface area (Å²) < 4.78 is 55.4. The number of hydrogen-bond acceptors (Lipinski definition) is 17. The van der Waals surface area contributed by atoms with Crippen LogP contribution in [0, 0.1) is 29.6 Å². The van der Waals surface area contributed by atoms with Gasteiger partial charge < -0.3 is 72.3 Å². The minimum atomic E-state index is -1.37. The molecule has 0 bridgehead atoms. The van der Waals surface area contributed by atoms with Gasteiger partial charge in [-0.05, 0) is 152 Å². The van der Waals surface area contributed by atoms with Crippen molar-refractivity contribution < 1.29 is 66.8 Å². The van der Waals surface area contributed by atoms with Gasteiger partial charge in [0.25, 0.3) is 5.82 Å². The van der Waals surface area contributed by atoms with Crippen LogP contribution in [0.25, 0.3) is 33.5 Å². The molecular weight excluding hydrogens is 1270 g/mol. The second-order valence-electron chi connectivity index (χ2n) is 26.3. The van der Waals surface area contributed by atoms with Gasteiger partial charge in [-0.15, -0.1) is 0 Å². The van der Waals surface area contributed by atoms with Crippen LogP contribution in [0.15, 0.2) is 140 Å². The Bertz CT molecular complexity index is 3950. The molecule has 7 aromatic rings. The molecule has 0 radical (unpaired) electrons. The second-order valence-corrected chi connectivity index (χ2v) is 26.3. The van der Waals surface area contributed by atoms with Crippen molar-refractivity contribution in [3.63, 3.8) is 0 Å². The molecule has 3 saturated carbocycles. The number of aromatic nitrogens is 3. The number of nitrogens with two attached hydrogens (primary N) is 3. The van der Waals surface area contributed by atoms with E-state index in [1.54, 1.807) is 31.5 Å². The first-order valence-corrected chi connectivity index (χ1v) is 34.2. The Kier molecular flexibility index (Phi) is 23.9. The lowest BCUT2D eigenvalue weighted by molar-refractivity contribution is -0.659. The zero-order chi connectivity index (χ0) is 69.7. The highest BCUT2D eigenvalue weighted by molar-refractivity contribution is 5.96. The summed E-state index contributed by atoms with van der Waals surface area (Å²) in [5.41, 5.74) is 27.1. The van der Waals surface area contributed by atoms with Gasteiger partial charge in [0, 0.05) is 128 Å². The maximum absolute atomic E-state index is 15.1. The molecule has 12 N–H and O–H groups in total. The Morgan fingerprint density at radius 3 is 1.83 bits per heavy atom. The Morgan fingerprint density at radius 1 is 0.626 bits per heavy atom. The molecular formula is C75H90F2N11O11+. The standard InChI is InChI=1S/C27H30FN5O2.C25H30FN3O5.C23H29N3O4/c1-32-12-3-2-4-26(32)33-13-10-25(22(28)17-33)35-24-8-7-19(14-20(24)16-29)23-15-21(9-11-30-23)31-27(34)18-5-6-18;26-21-12-29(24(32)14-31)7-6-23(21)34-22-5-4-16(8-17(22)11-27)15-2-1-3-19(9-15)28-25(33)20-10-18(20)13-30;1-14(27)19-12-20(19)23(28)26-22-11-16(4-7-25-22)15-2-3-21(17(10-15)13-24)30-18-5-8-29-9-6-18/h2-4,7-9,11-12,14-15,18,22,25H,5-6,10,13,16-17,29H2,1H3;1-5,8-9,18,20-21,23,30-31H,6-7,10-14,27H2,(H,28,33);2-4,7,10-11,14,18-20,27H,5-6,8-9,12-13,24H2,1H3,(H,25,26,28)/p+1/t22-,25+;18-,20-,21-,23+;14?,19-,20+/m110/s1. The summed E-state index contributed by atoms with van der Waals surface area (Å²) >= 11 is 0. The lowest BCUT2D eigenvalue weighted by Gasteiger charge is -2.34. The number of benzene rings is 4. The smallest absolute Gasteiger partial charge is 0.276 e. The monoisotopic (exact) mass is 1360 g/mol. The number of carbonyl (C=O) groups excluding carboxylic acids is 4. The van der Waals surface area contributed by atoms with Gasteiger partial charge in [-0.25, -0.2) is 18.3 Å². The van der Waals surface area contributed by atoms with Crippen molar-refractivity contribution in [1.82, 2.24) is 14.9 Å². The fraction of sp³-hybridized carbons (Fsp3) is 0.427. The van der Waals surface area contributed by atoms with Gasteiger partial charge in [0.2, 0.25) is 23.6 Å². The molecule has 6 fully saturated rings. The van der Waals surface area contributed by atoms with Crippen molar-refractivity contribution in [2.45, 2.75) is 115 Å². The number of aryl methyl sites for hydroxylation is 1. The van der Waals surface area contributed by atoms with Crippen LogP contribution >= 0.6 is 0 Å². The van der Waals surface area contributed by atoms with E-state index in [0.717, 1.165) is 113 Å². The van der Waals surface area contributed by atoms with Gasteiger partial charge in [0.15, 0.2) is 12.3 Å². The number of amides is 4. The van der Waals surface area contributed by atoms with Gasteiger partial charge in [0.05, 0.1) is 51.3 Å². The van der Waals surface area contributed by atoms with Crippen molar-refractivity contribution in [3.05, 3.63) is 157 Å². The lowest BCUT2D eigenvalue weighted by atomic mass is 10.0. The zero-order valence-corrected chi connectivity index (χ0v) is 55.9. The van der Waals surface area contributed by atoms with E-state index in [0.29, 0.717) is 61.9 Å². The van der Waals surface area contributed by atoms with Crippen LogP contribution < -0.4 is 56.8 Å². The molecule has 3 aliphatic heterocycles. The Hall–Kier alpha value is -9.01. The predicted octanol–water partition coefficient (Wildman–Crippen LogP) is 7.79. The molecule has 0 spiro atoms. The first-order valence-electron chi connectivity index (χ1n) is 34.2. The molecule has 24 heteroatoms. The third kappa shape index (κ3) is 18.7. The number of nitrogens with one attached hydrogen (secondary N) is 3. The number of likely N-dealkylation sites (tertiary alicyclic amines) is 1. The molecule has 9 atom stereocenters. The third-order valence-corrected chi connectivity index (χ3v) is 19.0. The number of carbonyl (C=O) groups is 4. The first-order chi connectivity index (χ1) is 48.0. The van der Waals surface area contributed by atoms with Crippen molar-refractivity contribution in [2.24, 2.45) is 53.8 Å². The molecule has 6 aliphatic rings. The summed E-state index contributed by atoms with van der Waals surface area (Å²) in [4.78, 5) is 60.5. The van der Waals surface area contributed by atoms with Crippen molar-refractivity contribution in [3.8, 4) is 50.8 Å². The van der Waals surface area contributed by atoms with Crippen LogP contribution in [-0.2, 0) is 50.6 Å². The first kappa shape index (κ1) is 71.3. The lowest BCUT2D eigenvalue weighted by Crippen LogP contribution is -2.50. The number of pyridine rings is 3. The molecule has 524 valence electrons. The molecule has 4 aromatic carbocycles. The van der Waals surface area contributed by atoms with Gasteiger partial charge in [-0.3, -0.25) is 29.1 Å². The Labute approximate surface area is 575 Å². The summed E-state index contributed by atoms with van der Waals surface area (Å²) in [7, 11) is 1.96. The summed E-state index contributed by atoms with van der Waals surface area (Å²) in [6.45, 7) is 4.60. The van der Waals surface area contributed by atoms with E-state index in [2.05, 4.69) is 30.8 Å². The van der Waals surface area contributed by atoms with Crippen LogP contribution in [0.2, 0.25) is 0 Å². The van der Waals surface area contributed by atoms with Gasteiger partial charge in [-0.1, -0.05) is 30.3 Å². The molecule has 3 aromatic heterocycles. The van der Waals surface area contributed by atoms with E-state index >= 15 is 4.39 Å². The zero-order valence-electron chi connectivity index (χ0n) is 55.9. The highest BCUT2D eigenvalue weighted by Crippen LogP contribution is 2.43. The van der Waals surface area contributed by atoms with Crippen LogP contribution in [0.3, 0.4) is 0 Å². The van der Waals surface area contributed by atoms with Crippen molar-refractivity contribution >= 4 is 46.6 Å². The molecule has 4 amide bonds. The quantitative estimate of drug-likeness (QED) is 0.0292. The second kappa shape index (κ2) is 33.2. The molecule has 1 unspecified atom stereocenters. The molecule has 3 saturated heterocycles. The predicted molar refractivity (Wildman–Crippen MR) is 371 cm³/mol.